The first-order valence-corrected chi connectivity index (χ1v) is 9.37. The number of hydrogen-bond acceptors (Lipinski definition) is 2. The van der Waals surface area contributed by atoms with Gasteiger partial charge in [-0.25, -0.2) is 0 Å². The van der Waals surface area contributed by atoms with Crippen LogP contribution in [-0.2, 0) is 6.54 Å². The summed E-state index contributed by atoms with van der Waals surface area (Å²) in [4.78, 5) is 4.84. The molecule has 0 atom stereocenters. The highest BCUT2D eigenvalue weighted by Crippen LogP contribution is 2.47. The molecule has 0 aromatic heterocycles. The first kappa shape index (κ1) is 15.2. The van der Waals surface area contributed by atoms with Crippen molar-refractivity contribution in [1.29, 1.82) is 0 Å². The first-order chi connectivity index (χ1) is 11.0. The van der Waals surface area contributed by atoms with Crippen LogP contribution in [-0.4, -0.2) is 12.3 Å². The van der Waals surface area contributed by atoms with Crippen LogP contribution in [0.1, 0.15) is 81.9 Å². The molecule has 3 aliphatic rings. The molecular formula is C21H29NO. The molecule has 2 nitrogen and oxygen atoms in total. The van der Waals surface area contributed by atoms with Crippen LogP contribution in [0.4, 0.5) is 0 Å². The highest BCUT2D eigenvalue weighted by atomic mass is 16.5. The van der Waals surface area contributed by atoms with Crippen molar-refractivity contribution in [3.05, 3.63) is 28.8 Å². The summed E-state index contributed by atoms with van der Waals surface area (Å²) in [5.41, 5.74) is 5.59. The fourth-order valence-electron chi connectivity index (χ4n) is 4.10. The molecular weight excluding hydrogens is 282 g/mol. The third kappa shape index (κ3) is 3.05. The number of rotatable bonds is 4. The molecule has 2 saturated carbocycles. The maximum Gasteiger partial charge on any atom is 0.123 e. The van der Waals surface area contributed by atoms with Gasteiger partial charge in [0, 0.05) is 16.7 Å². The van der Waals surface area contributed by atoms with Gasteiger partial charge in [-0.2, -0.15) is 0 Å². The number of ether oxygens (including phenoxy) is 1. The Morgan fingerprint density at radius 3 is 2.48 bits per heavy atom. The quantitative estimate of drug-likeness (QED) is 0.721. The van der Waals surface area contributed by atoms with E-state index in [1.165, 1.54) is 60.9 Å². The van der Waals surface area contributed by atoms with E-state index in [1.807, 2.05) is 0 Å². The number of hydrogen-bond donors (Lipinski definition) is 0. The Labute approximate surface area is 140 Å². The zero-order valence-corrected chi connectivity index (χ0v) is 14.8. The number of nitrogens with zero attached hydrogens (tertiary/aromatic N) is 1. The van der Waals surface area contributed by atoms with E-state index in [1.54, 1.807) is 0 Å². The summed E-state index contributed by atoms with van der Waals surface area (Å²) >= 11 is 0. The van der Waals surface area contributed by atoms with E-state index in [9.17, 15) is 0 Å². The second-order valence-electron chi connectivity index (χ2n) is 8.70. The Morgan fingerprint density at radius 1 is 1.09 bits per heavy atom. The number of aliphatic imine (C=N–C) groups is 1. The van der Waals surface area contributed by atoms with Gasteiger partial charge in [-0.3, -0.25) is 4.99 Å². The normalized spacial score (nSPS) is 21.4. The van der Waals surface area contributed by atoms with Gasteiger partial charge in [0.05, 0.1) is 13.2 Å². The molecule has 4 rings (SSSR count). The second kappa shape index (κ2) is 5.65. The fourth-order valence-corrected chi connectivity index (χ4v) is 4.10. The van der Waals surface area contributed by atoms with Gasteiger partial charge in [0.15, 0.2) is 0 Å². The lowest BCUT2D eigenvalue weighted by Crippen LogP contribution is -2.20. The molecule has 1 aromatic carbocycles. The maximum absolute atomic E-state index is 6.32. The van der Waals surface area contributed by atoms with E-state index in [-0.39, 0.29) is 5.41 Å². The maximum atomic E-state index is 6.32. The van der Waals surface area contributed by atoms with Crippen LogP contribution >= 0.6 is 0 Å². The van der Waals surface area contributed by atoms with Gasteiger partial charge in [0.2, 0.25) is 0 Å². The molecule has 0 unspecified atom stereocenters. The largest absolute Gasteiger partial charge is 0.493 e. The number of fused-ring (bicyclic) bond motifs is 1. The summed E-state index contributed by atoms with van der Waals surface area (Å²) in [6.07, 6.45) is 8.11. The molecule has 1 aromatic rings. The first-order valence-electron chi connectivity index (χ1n) is 9.37. The van der Waals surface area contributed by atoms with Crippen LogP contribution in [0, 0.1) is 11.3 Å². The van der Waals surface area contributed by atoms with E-state index in [0.29, 0.717) is 0 Å². The van der Waals surface area contributed by atoms with Crippen LogP contribution in [0.15, 0.2) is 17.1 Å². The van der Waals surface area contributed by atoms with Gasteiger partial charge in [0.25, 0.3) is 0 Å². The van der Waals surface area contributed by atoms with E-state index in [0.717, 1.165) is 30.7 Å². The third-order valence-corrected chi connectivity index (χ3v) is 5.58. The van der Waals surface area contributed by atoms with Gasteiger partial charge in [-0.15, -0.1) is 0 Å². The Bertz CT molecular complexity index is 628. The lowest BCUT2D eigenvalue weighted by Gasteiger charge is -2.21. The summed E-state index contributed by atoms with van der Waals surface area (Å²) in [5.74, 6) is 2.65. The van der Waals surface area contributed by atoms with Gasteiger partial charge < -0.3 is 4.74 Å². The molecule has 2 aliphatic carbocycles. The third-order valence-electron chi connectivity index (χ3n) is 5.58. The minimum atomic E-state index is 0.123. The molecule has 0 spiro atoms. The Hall–Kier alpha value is -1.31. The van der Waals surface area contributed by atoms with Crippen molar-refractivity contribution >= 4 is 5.71 Å². The van der Waals surface area contributed by atoms with E-state index in [2.05, 4.69) is 32.9 Å². The predicted octanol–water partition coefficient (Wildman–Crippen LogP) is 5.48. The van der Waals surface area contributed by atoms with Crippen LogP contribution in [0.3, 0.4) is 0 Å². The Morgan fingerprint density at radius 2 is 1.83 bits per heavy atom. The van der Waals surface area contributed by atoms with Crippen molar-refractivity contribution in [3.63, 3.8) is 0 Å². The molecule has 0 radical (unpaired) electrons. The Balaban J connectivity index is 1.61. The molecule has 0 saturated heterocycles. The molecule has 23 heavy (non-hydrogen) atoms. The SMILES string of the molecule is CC(C)(C)C1=NCc2cc(OCC3CCCC3)c(C3CC3)cc21. The molecule has 0 bridgehead atoms. The van der Waals surface area contributed by atoms with Crippen LogP contribution in [0.5, 0.6) is 5.75 Å². The zero-order valence-electron chi connectivity index (χ0n) is 14.8. The van der Waals surface area contributed by atoms with Gasteiger partial charge in [0.1, 0.15) is 5.75 Å². The number of benzene rings is 1. The molecule has 0 N–H and O–H groups in total. The summed E-state index contributed by atoms with van der Waals surface area (Å²) < 4.78 is 6.32. The van der Waals surface area contributed by atoms with Crippen molar-refractivity contribution in [2.24, 2.45) is 16.3 Å². The van der Waals surface area contributed by atoms with Crippen molar-refractivity contribution < 1.29 is 4.74 Å². The van der Waals surface area contributed by atoms with Gasteiger partial charge >= 0.3 is 0 Å². The van der Waals surface area contributed by atoms with E-state index < -0.39 is 0 Å². The Kier molecular flexibility index (Phi) is 3.74. The highest BCUT2D eigenvalue weighted by molar-refractivity contribution is 6.07. The van der Waals surface area contributed by atoms with Gasteiger partial charge in [-0.05, 0) is 60.8 Å². The lowest BCUT2D eigenvalue weighted by atomic mass is 9.84. The van der Waals surface area contributed by atoms with E-state index in [4.69, 9.17) is 9.73 Å². The average molecular weight is 311 g/mol. The smallest absolute Gasteiger partial charge is 0.123 e. The molecule has 1 heterocycles. The van der Waals surface area contributed by atoms with Crippen molar-refractivity contribution in [3.8, 4) is 5.75 Å². The topological polar surface area (TPSA) is 21.6 Å². The molecule has 2 heteroatoms. The summed E-state index contributed by atoms with van der Waals surface area (Å²) in [6.45, 7) is 8.53. The minimum Gasteiger partial charge on any atom is -0.493 e. The summed E-state index contributed by atoms with van der Waals surface area (Å²) in [6, 6.07) is 4.72. The van der Waals surface area contributed by atoms with E-state index >= 15 is 0 Å². The van der Waals surface area contributed by atoms with Crippen molar-refractivity contribution in [1.82, 2.24) is 0 Å². The minimum absolute atomic E-state index is 0.123. The molecule has 124 valence electrons. The molecule has 0 amide bonds. The van der Waals surface area contributed by atoms with Gasteiger partial charge in [-0.1, -0.05) is 33.6 Å². The molecule has 1 aliphatic heterocycles. The lowest BCUT2D eigenvalue weighted by molar-refractivity contribution is 0.250. The molecule has 2 fully saturated rings. The second-order valence-corrected chi connectivity index (χ2v) is 8.70. The average Bonchev–Trinajstić information content (AvgIpc) is 3.05. The predicted molar refractivity (Wildman–Crippen MR) is 95.6 cm³/mol. The highest BCUT2D eigenvalue weighted by Gasteiger charge is 2.32. The van der Waals surface area contributed by atoms with Crippen LogP contribution in [0.25, 0.3) is 0 Å². The van der Waals surface area contributed by atoms with Crippen molar-refractivity contribution in [2.45, 2.75) is 71.8 Å². The fraction of sp³-hybridized carbons (Fsp3) is 0.667. The standard InChI is InChI=1S/C21H29NO/c1-21(2,3)20-18-11-17(15-8-9-15)19(10-16(18)12-22-20)23-13-14-6-4-5-7-14/h10-11,14-15H,4-9,12-13H2,1-3H3. The summed E-state index contributed by atoms with van der Waals surface area (Å²) in [5, 5.41) is 0. The zero-order chi connectivity index (χ0) is 16.0. The van der Waals surface area contributed by atoms with Crippen LogP contribution < -0.4 is 4.74 Å². The summed E-state index contributed by atoms with van der Waals surface area (Å²) in [7, 11) is 0. The van der Waals surface area contributed by atoms with Crippen molar-refractivity contribution in [2.75, 3.05) is 6.61 Å². The monoisotopic (exact) mass is 311 g/mol. The van der Waals surface area contributed by atoms with Crippen LogP contribution in [0.2, 0.25) is 0 Å².